The van der Waals surface area contributed by atoms with Crippen LogP contribution in [0.4, 0.5) is 0 Å². The number of phosphoric acid groups is 1. The summed E-state index contributed by atoms with van der Waals surface area (Å²) in [5, 5.41) is 40.6. The number of nitrogens with one attached hydrogen (secondary N) is 1. The number of ether oxygens (including phenoxy) is 2. The number of hydrogen-bond donors (Lipinski definition) is 7. The monoisotopic (exact) mass is 454 g/mol. The van der Waals surface area contributed by atoms with Gasteiger partial charge in [-0.3, -0.25) is 18.9 Å². The zero-order valence-corrected chi connectivity index (χ0v) is 16.6. The summed E-state index contributed by atoms with van der Waals surface area (Å²) in [7, 11) is -4.90. The lowest BCUT2D eigenvalue weighted by molar-refractivity contribution is -0.207. The van der Waals surface area contributed by atoms with E-state index in [-0.39, 0.29) is 12.0 Å². The average molecular weight is 454 g/mol. The van der Waals surface area contributed by atoms with Crippen molar-refractivity contribution in [3.63, 3.8) is 0 Å². The van der Waals surface area contributed by atoms with E-state index in [4.69, 9.17) is 19.3 Å². The molecule has 170 valence electrons. The molecule has 1 unspecified atom stereocenters. The van der Waals surface area contributed by atoms with E-state index in [2.05, 4.69) is 9.51 Å². The summed E-state index contributed by atoms with van der Waals surface area (Å²) >= 11 is 0. The van der Waals surface area contributed by atoms with Crippen LogP contribution in [0.25, 0.3) is 0 Å². The van der Waals surface area contributed by atoms with Gasteiger partial charge in [0, 0.05) is 18.2 Å². The Morgan fingerprint density at radius 3 is 2.50 bits per heavy atom. The minimum atomic E-state index is -4.90. The van der Waals surface area contributed by atoms with Gasteiger partial charge in [0.25, 0.3) is 5.56 Å². The molecular weight excluding hydrogens is 431 g/mol. The van der Waals surface area contributed by atoms with E-state index in [1.54, 1.807) is 0 Å². The van der Waals surface area contributed by atoms with Crippen molar-refractivity contribution >= 4 is 7.82 Å². The maximum absolute atomic E-state index is 12.5. The van der Waals surface area contributed by atoms with Crippen molar-refractivity contribution < 1.29 is 48.8 Å². The van der Waals surface area contributed by atoms with E-state index in [0.29, 0.717) is 0 Å². The summed E-state index contributed by atoms with van der Waals surface area (Å²) in [4.78, 5) is 44.1. The standard InChI is InChI=1S/C15H23N2O12P/c1-6-3-17(14(23)16-13(6)22)15(2-7(19)8(4-18)29-15)12-11(21)10(20)9(28-12)5-27-30(24,25)26/h3,7-12,18-21H,2,4-5H2,1H3,(H,16,22,23)(H2,24,25,26)/t7-,8+,9+,10+,11+,12?,15-/m0/s1. The molecule has 2 aliphatic rings. The number of aromatic amines is 1. The molecule has 1 aromatic rings. The topological polar surface area (TPSA) is 221 Å². The fourth-order valence-corrected chi connectivity index (χ4v) is 4.07. The molecule has 0 aliphatic carbocycles. The Bertz CT molecular complexity index is 942. The Balaban J connectivity index is 2.04. The molecule has 0 spiro atoms. The summed E-state index contributed by atoms with van der Waals surface area (Å²) in [5.41, 5.74) is -3.51. The fraction of sp³-hybridized carbons (Fsp3) is 0.733. The first-order valence-corrected chi connectivity index (χ1v) is 10.4. The molecule has 3 heterocycles. The SMILES string of the molecule is Cc1cn([C@@]2(C3O[C@H](COP(=O)(O)O)[C@@H](O)[C@H]3O)C[C@H](O)[C@@H](CO)O2)c(=O)[nH]c1=O. The number of aliphatic hydroxyl groups excluding tert-OH is 4. The van der Waals surface area contributed by atoms with Gasteiger partial charge in [0.1, 0.15) is 30.5 Å². The van der Waals surface area contributed by atoms with Gasteiger partial charge in [0.05, 0.1) is 19.3 Å². The first-order valence-electron chi connectivity index (χ1n) is 8.91. The van der Waals surface area contributed by atoms with Crippen LogP contribution < -0.4 is 11.2 Å². The highest BCUT2D eigenvalue weighted by atomic mass is 31.2. The Hall–Kier alpha value is -1.45. The second kappa shape index (κ2) is 8.24. The third-order valence-electron chi connectivity index (χ3n) is 5.21. The highest BCUT2D eigenvalue weighted by Gasteiger charge is 2.61. The quantitative estimate of drug-likeness (QED) is 0.206. The molecule has 0 saturated carbocycles. The van der Waals surface area contributed by atoms with Crippen LogP contribution in [0.3, 0.4) is 0 Å². The molecule has 3 rings (SSSR count). The molecule has 0 amide bonds. The molecule has 2 aliphatic heterocycles. The molecule has 7 atom stereocenters. The van der Waals surface area contributed by atoms with Crippen molar-refractivity contribution in [3.8, 4) is 0 Å². The highest BCUT2D eigenvalue weighted by Crippen LogP contribution is 2.44. The second-order valence-electron chi connectivity index (χ2n) is 7.26. The van der Waals surface area contributed by atoms with Crippen LogP contribution in [-0.2, 0) is 24.3 Å². The van der Waals surface area contributed by atoms with E-state index in [0.717, 1.165) is 10.8 Å². The van der Waals surface area contributed by atoms with Crippen LogP contribution in [0.15, 0.2) is 15.8 Å². The van der Waals surface area contributed by atoms with Crippen molar-refractivity contribution in [2.24, 2.45) is 0 Å². The number of hydrogen-bond acceptors (Lipinski definition) is 10. The molecule has 7 N–H and O–H groups in total. The predicted molar refractivity (Wildman–Crippen MR) is 95.3 cm³/mol. The number of H-pyrrole nitrogens is 1. The Morgan fingerprint density at radius 2 is 1.93 bits per heavy atom. The molecule has 14 nitrogen and oxygen atoms in total. The Morgan fingerprint density at radius 1 is 1.27 bits per heavy atom. The van der Waals surface area contributed by atoms with E-state index in [1.807, 2.05) is 0 Å². The normalized spacial score (nSPS) is 37.0. The highest BCUT2D eigenvalue weighted by molar-refractivity contribution is 7.46. The van der Waals surface area contributed by atoms with Crippen molar-refractivity contribution in [1.29, 1.82) is 0 Å². The van der Waals surface area contributed by atoms with Gasteiger partial charge in [-0.2, -0.15) is 0 Å². The number of aromatic nitrogens is 2. The van der Waals surface area contributed by atoms with Gasteiger partial charge >= 0.3 is 13.5 Å². The van der Waals surface area contributed by atoms with Crippen molar-refractivity contribution in [2.45, 2.75) is 55.7 Å². The van der Waals surface area contributed by atoms with Crippen LogP contribution >= 0.6 is 7.82 Å². The summed E-state index contributed by atoms with van der Waals surface area (Å²) in [6.07, 6.45) is -8.10. The van der Waals surface area contributed by atoms with Crippen LogP contribution in [0, 0.1) is 6.92 Å². The molecule has 0 radical (unpaired) electrons. The van der Waals surface area contributed by atoms with Gasteiger partial charge in [-0.25, -0.2) is 9.36 Å². The minimum absolute atomic E-state index is 0.0916. The largest absolute Gasteiger partial charge is 0.469 e. The summed E-state index contributed by atoms with van der Waals surface area (Å²) < 4.78 is 27.4. The number of aryl methyl sites for hydroxylation is 1. The van der Waals surface area contributed by atoms with Gasteiger partial charge in [0.15, 0.2) is 5.72 Å². The van der Waals surface area contributed by atoms with Crippen LogP contribution in [-0.4, -0.2) is 89.6 Å². The lowest BCUT2D eigenvalue weighted by atomic mass is 9.94. The molecule has 15 heteroatoms. The van der Waals surface area contributed by atoms with Crippen molar-refractivity contribution in [3.05, 3.63) is 32.6 Å². The maximum atomic E-state index is 12.5. The third kappa shape index (κ3) is 4.16. The van der Waals surface area contributed by atoms with Gasteiger partial charge in [-0.15, -0.1) is 0 Å². The number of phosphoric ester groups is 1. The lowest BCUT2D eigenvalue weighted by Crippen LogP contribution is -2.56. The Kier molecular flexibility index (Phi) is 6.38. The van der Waals surface area contributed by atoms with Crippen LogP contribution in [0.1, 0.15) is 12.0 Å². The van der Waals surface area contributed by atoms with Gasteiger partial charge in [0.2, 0.25) is 0 Å². The first kappa shape index (κ1) is 23.2. The third-order valence-corrected chi connectivity index (χ3v) is 5.69. The van der Waals surface area contributed by atoms with Crippen molar-refractivity contribution in [2.75, 3.05) is 13.2 Å². The molecule has 2 fully saturated rings. The summed E-state index contributed by atoms with van der Waals surface area (Å²) in [6, 6.07) is 0. The minimum Gasteiger partial charge on any atom is -0.394 e. The fourth-order valence-electron chi connectivity index (χ4n) is 3.73. The van der Waals surface area contributed by atoms with E-state index in [9.17, 15) is 34.6 Å². The second-order valence-corrected chi connectivity index (χ2v) is 8.50. The number of rotatable bonds is 6. The summed E-state index contributed by atoms with van der Waals surface area (Å²) in [5.74, 6) is 0. The van der Waals surface area contributed by atoms with Gasteiger partial charge < -0.3 is 39.7 Å². The smallest absolute Gasteiger partial charge is 0.394 e. The number of aliphatic hydroxyl groups is 4. The van der Waals surface area contributed by atoms with Crippen LogP contribution in [0.5, 0.6) is 0 Å². The van der Waals surface area contributed by atoms with Gasteiger partial charge in [-0.1, -0.05) is 0 Å². The molecule has 30 heavy (non-hydrogen) atoms. The van der Waals surface area contributed by atoms with Gasteiger partial charge in [-0.05, 0) is 6.92 Å². The summed E-state index contributed by atoms with van der Waals surface area (Å²) in [6.45, 7) is -0.0361. The Labute approximate surface area is 168 Å². The number of nitrogens with zero attached hydrogens (tertiary/aromatic N) is 1. The van der Waals surface area contributed by atoms with Crippen molar-refractivity contribution in [1.82, 2.24) is 9.55 Å². The van der Waals surface area contributed by atoms with E-state index in [1.165, 1.54) is 6.92 Å². The predicted octanol–water partition coefficient (Wildman–Crippen LogP) is -3.76. The molecule has 2 saturated heterocycles. The first-order chi connectivity index (χ1) is 13.9. The maximum Gasteiger partial charge on any atom is 0.469 e. The van der Waals surface area contributed by atoms with E-state index < -0.39 is 74.6 Å². The molecular formula is C15H23N2O12P. The zero-order valence-electron chi connectivity index (χ0n) is 15.7. The molecule has 0 aromatic carbocycles. The molecule has 0 bridgehead atoms. The van der Waals surface area contributed by atoms with E-state index >= 15 is 0 Å². The lowest BCUT2D eigenvalue weighted by Gasteiger charge is -2.37. The average Bonchev–Trinajstić information content (AvgIpc) is 3.14. The van der Waals surface area contributed by atoms with Crippen LogP contribution in [0.2, 0.25) is 0 Å². The zero-order chi connectivity index (χ0) is 22.4. The molecule has 1 aromatic heterocycles.